The van der Waals surface area contributed by atoms with Crippen molar-refractivity contribution in [2.24, 2.45) is 0 Å². The third-order valence-corrected chi connectivity index (χ3v) is 6.83. The third kappa shape index (κ3) is 5.36. The Labute approximate surface area is 215 Å². The fourth-order valence-electron chi connectivity index (χ4n) is 4.45. The van der Waals surface area contributed by atoms with Crippen molar-refractivity contribution in [3.05, 3.63) is 105 Å². The van der Waals surface area contributed by atoms with E-state index in [-0.39, 0.29) is 18.4 Å². The smallest absolute Gasteiger partial charge is 0.253 e. The van der Waals surface area contributed by atoms with Crippen molar-refractivity contribution in [3.63, 3.8) is 0 Å². The maximum atomic E-state index is 13.0. The summed E-state index contributed by atoms with van der Waals surface area (Å²) in [4.78, 5) is 18.1. The molecule has 1 aliphatic rings. The summed E-state index contributed by atoms with van der Waals surface area (Å²) in [7, 11) is 0. The van der Waals surface area contributed by atoms with Gasteiger partial charge in [-0.2, -0.15) is 0 Å². The molecule has 0 fully saturated rings. The highest BCUT2D eigenvalue weighted by molar-refractivity contribution is 7.80. The van der Waals surface area contributed by atoms with Gasteiger partial charge in [0.15, 0.2) is 16.6 Å². The van der Waals surface area contributed by atoms with E-state index in [4.69, 9.17) is 21.7 Å². The zero-order chi connectivity index (χ0) is 25.1. The number of ether oxygens (including phenoxy) is 2. The number of hydrogen-bond acceptors (Lipinski definition) is 4. The van der Waals surface area contributed by atoms with Crippen LogP contribution in [0.1, 0.15) is 35.2 Å². The van der Waals surface area contributed by atoms with Crippen LogP contribution in [0, 0.1) is 6.92 Å². The Bertz CT molecular complexity index is 1450. The Hall–Kier alpha value is -3.84. The van der Waals surface area contributed by atoms with Crippen molar-refractivity contribution in [2.75, 3.05) is 13.3 Å². The van der Waals surface area contributed by atoms with Crippen molar-refractivity contribution in [1.82, 2.24) is 15.2 Å². The van der Waals surface area contributed by atoms with Crippen LogP contribution in [0.2, 0.25) is 0 Å². The van der Waals surface area contributed by atoms with E-state index in [0.717, 1.165) is 22.9 Å². The van der Waals surface area contributed by atoms with Crippen LogP contribution in [-0.2, 0) is 13.0 Å². The lowest BCUT2D eigenvalue weighted by molar-refractivity contribution is 0.174. The van der Waals surface area contributed by atoms with Crippen LogP contribution >= 0.6 is 12.2 Å². The standard InChI is InChI=1S/C29H29N3O3S/c1-19-7-6-8-21(13-19)11-12-32(29(36)30-20(2)22-9-4-3-5-10-22)17-24-14-23-15-26-27(35-18-34-26)16-25(23)31-28(24)33/h3-10,13-16,20H,11-12,17-18H2,1-2H3,(H,30,36)(H,31,33). The number of nitrogens with zero attached hydrogens (tertiary/aromatic N) is 1. The van der Waals surface area contributed by atoms with Crippen molar-refractivity contribution >= 4 is 28.2 Å². The summed E-state index contributed by atoms with van der Waals surface area (Å²) < 4.78 is 11.0. The number of benzene rings is 3. The number of hydrogen-bond donors (Lipinski definition) is 2. The monoisotopic (exact) mass is 499 g/mol. The van der Waals surface area contributed by atoms with Gasteiger partial charge in [0.05, 0.1) is 18.1 Å². The fraction of sp³-hybridized carbons (Fsp3) is 0.241. The van der Waals surface area contributed by atoms with Crippen molar-refractivity contribution in [3.8, 4) is 11.5 Å². The molecule has 3 aromatic carbocycles. The highest BCUT2D eigenvalue weighted by atomic mass is 32.1. The van der Waals surface area contributed by atoms with E-state index < -0.39 is 0 Å². The van der Waals surface area contributed by atoms with E-state index in [0.29, 0.717) is 35.3 Å². The van der Waals surface area contributed by atoms with Gasteiger partial charge in [0.1, 0.15) is 0 Å². The third-order valence-electron chi connectivity index (χ3n) is 6.46. The molecular formula is C29H29N3O3S. The first kappa shape index (κ1) is 23.9. The molecule has 0 amide bonds. The second-order valence-electron chi connectivity index (χ2n) is 9.16. The summed E-state index contributed by atoms with van der Waals surface area (Å²) >= 11 is 5.86. The minimum absolute atomic E-state index is 0.0368. The van der Waals surface area contributed by atoms with E-state index in [1.54, 1.807) is 0 Å². The molecule has 1 aromatic heterocycles. The molecule has 36 heavy (non-hydrogen) atoms. The molecule has 2 N–H and O–H groups in total. The number of aromatic amines is 1. The minimum atomic E-state index is -0.138. The molecule has 2 heterocycles. The SMILES string of the molecule is Cc1cccc(CCN(Cc2cc3cc4c(cc3[nH]c2=O)OCO4)C(=S)NC(C)c2ccccc2)c1. The first-order valence-corrected chi connectivity index (χ1v) is 12.5. The zero-order valence-corrected chi connectivity index (χ0v) is 21.2. The van der Waals surface area contributed by atoms with E-state index in [1.807, 2.05) is 36.4 Å². The highest BCUT2D eigenvalue weighted by Crippen LogP contribution is 2.35. The van der Waals surface area contributed by atoms with E-state index in [2.05, 4.69) is 65.4 Å². The van der Waals surface area contributed by atoms with Gasteiger partial charge >= 0.3 is 0 Å². The second kappa shape index (κ2) is 10.4. The highest BCUT2D eigenvalue weighted by Gasteiger charge is 2.18. The molecule has 184 valence electrons. The van der Waals surface area contributed by atoms with Crippen LogP contribution in [0.4, 0.5) is 0 Å². The number of nitrogens with one attached hydrogen (secondary N) is 2. The molecule has 1 atom stereocenters. The number of thiocarbonyl (C=S) groups is 1. The summed E-state index contributed by atoms with van der Waals surface area (Å²) in [6.45, 7) is 5.43. The molecule has 0 aliphatic carbocycles. The molecule has 7 heteroatoms. The number of aromatic nitrogens is 1. The second-order valence-corrected chi connectivity index (χ2v) is 9.55. The largest absolute Gasteiger partial charge is 0.454 e. The normalized spacial score (nSPS) is 12.9. The summed E-state index contributed by atoms with van der Waals surface area (Å²) in [5, 5.41) is 4.97. The summed E-state index contributed by atoms with van der Waals surface area (Å²) in [5.74, 6) is 1.33. The Kier molecular flexibility index (Phi) is 6.91. The van der Waals surface area contributed by atoms with Crippen LogP contribution in [0.5, 0.6) is 11.5 Å². The zero-order valence-electron chi connectivity index (χ0n) is 20.4. The van der Waals surface area contributed by atoms with Crippen LogP contribution in [-0.4, -0.2) is 28.3 Å². The van der Waals surface area contributed by atoms with Gasteiger partial charge in [-0.25, -0.2) is 0 Å². The summed E-state index contributed by atoms with van der Waals surface area (Å²) in [5.41, 5.74) is 4.83. The number of fused-ring (bicyclic) bond motifs is 2. The lowest BCUT2D eigenvalue weighted by Gasteiger charge is -2.28. The Morgan fingerprint density at radius 3 is 2.61 bits per heavy atom. The molecule has 1 unspecified atom stereocenters. The number of aryl methyl sites for hydroxylation is 1. The molecule has 0 spiro atoms. The molecule has 1 aliphatic heterocycles. The van der Waals surface area contributed by atoms with E-state index >= 15 is 0 Å². The topological polar surface area (TPSA) is 66.6 Å². The summed E-state index contributed by atoms with van der Waals surface area (Å²) in [6, 6.07) is 24.3. The van der Waals surface area contributed by atoms with Crippen LogP contribution in [0.25, 0.3) is 10.9 Å². The molecule has 6 nitrogen and oxygen atoms in total. The van der Waals surface area contributed by atoms with Gasteiger partial charge < -0.3 is 24.7 Å². The van der Waals surface area contributed by atoms with E-state index in [1.165, 1.54) is 11.1 Å². The van der Waals surface area contributed by atoms with Gasteiger partial charge in [0, 0.05) is 23.6 Å². The van der Waals surface area contributed by atoms with Gasteiger partial charge in [0.2, 0.25) is 6.79 Å². The van der Waals surface area contributed by atoms with Gasteiger partial charge in [-0.15, -0.1) is 0 Å². The maximum Gasteiger partial charge on any atom is 0.253 e. The Balaban J connectivity index is 1.40. The number of pyridine rings is 1. The predicted molar refractivity (Wildman–Crippen MR) is 147 cm³/mol. The van der Waals surface area contributed by atoms with Crippen molar-refractivity contribution < 1.29 is 9.47 Å². The quantitative estimate of drug-likeness (QED) is 0.339. The van der Waals surface area contributed by atoms with Crippen LogP contribution < -0.4 is 20.3 Å². The van der Waals surface area contributed by atoms with Gasteiger partial charge in [-0.1, -0.05) is 60.2 Å². The van der Waals surface area contributed by atoms with E-state index in [9.17, 15) is 4.79 Å². The number of rotatable bonds is 7. The predicted octanol–water partition coefficient (Wildman–Crippen LogP) is 5.25. The van der Waals surface area contributed by atoms with Gasteiger partial charge in [-0.3, -0.25) is 4.79 Å². The number of H-pyrrole nitrogens is 1. The lowest BCUT2D eigenvalue weighted by Crippen LogP contribution is -2.42. The average Bonchev–Trinajstić information content (AvgIpc) is 3.33. The first-order valence-electron chi connectivity index (χ1n) is 12.1. The van der Waals surface area contributed by atoms with Gasteiger partial charge in [0.25, 0.3) is 5.56 Å². The van der Waals surface area contributed by atoms with Crippen LogP contribution in [0.3, 0.4) is 0 Å². The van der Waals surface area contributed by atoms with Crippen molar-refractivity contribution in [2.45, 2.75) is 32.9 Å². The van der Waals surface area contributed by atoms with Crippen LogP contribution in [0.15, 0.2) is 77.6 Å². The molecule has 0 bridgehead atoms. The van der Waals surface area contributed by atoms with Crippen molar-refractivity contribution in [1.29, 1.82) is 0 Å². The molecule has 5 rings (SSSR count). The molecular weight excluding hydrogens is 470 g/mol. The minimum Gasteiger partial charge on any atom is -0.454 e. The summed E-state index contributed by atoms with van der Waals surface area (Å²) in [6.07, 6.45) is 0.813. The molecule has 0 saturated carbocycles. The molecule has 4 aromatic rings. The van der Waals surface area contributed by atoms with Gasteiger partial charge in [-0.05, 0) is 55.7 Å². The Morgan fingerprint density at radius 2 is 1.83 bits per heavy atom. The average molecular weight is 500 g/mol. The lowest BCUT2D eigenvalue weighted by atomic mass is 10.1. The Morgan fingerprint density at radius 1 is 1.06 bits per heavy atom. The maximum absolute atomic E-state index is 13.0. The first-order chi connectivity index (χ1) is 17.5. The molecule has 0 radical (unpaired) electrons. The molecule has 0 saturated heterocycles. The fourth-order valence-corrected chi connectivity index (χ4v) is 4.78.